The Kier molecular flexibility index (Phi) is 3.39. The van der Waals surface area contributed by atoms with E-state index in [9.17, 15) is 0 Å². The molecule has 2 aliphatic heterocycles. The van der Waals surface area contributed by atoms with Crippen molar-refractivity contribution >= 4 is 5.82 Å². The van der Waals surface area contributed by atoms with Gasteiger partial charge in [0.1, 0.15) is 12.4 Å². The molecule has 0 amide bonds. The monoisotopic (exact) mass is 351 g/mol. The minimum absolute atomic E-state index is 0.0272. The third-order valence-corrected chi connectivity index (χ3v) is 5.12. The number of anilines is 1. The van der Waals surface area contributed by atoms with Gasteiger partial charge in [0.2, 0.25) is 0 Å². The van der Waals surface area contributed by atoms with Gasteiger partial charge in [-0.1, -0.05) is 23.4 Å². The minimum atomic E-state index is -0.269. The SMILES string of the molecule is OCc1noc(-c2ccc(N3CCC4(COc5ccccc54)C3)nn2)n1. The molecule has 0 bridgehead atoms. The van der Waals surface area contributed by atoms with E-state index in [1.165, 1.54) is 5.56 Å². The van der Waals surface area contributed by atoms with Crippen molar-refractivity contribution in [3.8, 4) is 17.3 Å². The van der Waals surface area contributed by atoms with Crippen LogP contribution in [0.1, 0.15) is 17.8 Å². The van der Waals surface area contributed by atoms with E-state index in [0.717, 1.165) is 31.1 Å². The van der Waals surface area contributed by atoms with Gasteiger partial charge in [-0.05, 0) is 24.6 Å². The van der Waals surface area contributed by atoms with E-state index < -0.39 is 0 Å². The Balaban J connectivity index is 1.37. The smallest absolute Gasteiger partial charge is 0.278 e. The van der Waals surface area contributed by atoms with Crippen molar-refractivity contribution in [2.75, 3.05) is 24.6 Å². The summed E-state index contributed by atoms with van der Waals surface area (Å²) in [5.41, 5.74) is 1.80. The third-order valence-electron chi connectivity index (χ3n) is 5.12. The molecule has 1 fully saturated rings. The van der Waals surface area contributed by atoms with Crippen LogP contribution in [0.4, 0.5) is 5.82 Å². The zero-order chi connectivity index (χ0) is 17.6. The highest BCUT2D eigenvalue weighted by Crippen LogP contribution is 2.45. The molecule has 8 heteroatoms. The Morgan fingerprint density at radius 2 is 2.08 bits per heavy atom. The van der Waals surface area contributed by atoms with E-state index in [4.69, 9.17) is 14.4 Å². The number of rotatable bonds is 3. The molecule has 3 aromatic rings. The van der Waals surface area contributed by atoms with Gasteiger partial charge in [-0.25, -0.2) is 0 Å². The molecule has 2 aliphatic rings. The van der Waals surface area contributed by atoms with Gasteiger partial charge in [-0.3, -0.25) is 0 Å². The first-order valence-corrected chi connectivity index (χ1v) is 8.52. The molecule has 26 heavy (non-hydrogen) atoms. The zero-order valence-corrected chi connectivity index (χ0v) is 14.0. The largest absolute Gasteiger partial charge is 0.492 e. The van der Waals surface area contributed by atoms with Gasteiger partial charge in [0, 0.05) is 18.7 Å². The number of ether oxygens (including phenoxy) is 1. The summed E-state index contributed by atoms with van der Waals surface area (Å²) in [4.78, 5) is 6.28. The third kappa shape index (κ3) is 2.33. The van der Waals surface area contributed by atoms with Crippen molar-refractivity contribution in [3.63, 3.8) is 0 Å². The molecule has 132 valence electrons. The van der Waals surface area contributed by atoms with Gasteiger partial charge in [-0.15, -0.1) is 10.2 Å². The molecular weight excluding hydrogens is 334 g/mol. The molecule has 4 heterocycles. The number of aromatic nitrogens is 4. The highest BCUT2D eigenvalue weighted by atomic mass is 16.5. The average molecular weight is 351 g/mol. The number of aliphatic hydroxyl groups is 1. The Morgan fingerprint density at radius 1 is 1.15 bits per heavy atom. The first kappa shape index (κ1) is 15.3. The molecule has 0 aliphatic carbocycles. The van der Waals surface area contributed by atoms with Gasteiger partial charge < -0.3 is 19.3 Å². The first-order valence-electron chi connectivity index (χ1n) is 8.52. The van der Waals surface area contributed by atoms with Crippen LogP contribution in [0.3, 0.4) is 0 Å². The van der Waals surface area contributed by atoms with Crippen LogP contribution in [-0.2, 0) is 12.0 Å². The van der Waals surface area contributed by atoms with E-state index in [1.54, 1.807) is 6.07 Å². The van der Waals surface area contributed by atoms with Crippen LogP contribution in [0.2, 0.25) is 0 Å². The Morgan fingerprint density at radius 3 is 2.88 bits per heavy atom. The Labute approximate surface area is 149 Å². The molecule has 5 rings (SSSR count). The van der Waals surface area contributed by atoms with Crippen LogP contribution in [0.5, 0.6) is 5.75 Å². The van der Waals surface area contributed by atoms with Crippen LogP contribution >= 0.6 is 0 Å². The highest BCUT2D eigenvalue weighted by molar-refractivity contribution is 5.52. The molecule has 1 saturated heterocycles. The molecule has 1 spiro atoms. The van der Waals surface area contributed by atoms with Crippen LogP contribution in [-0.4, -0.2) is 45.1 Å². The zero-order valence-electron chi connectivity index (χ0n) is 14.0. The predicted molar refractivity (Wildman–Crippen MR) is 91.7 cm³/mol. The van der Waals surface area contributed by atoms with Crippen LogP contribution in [0.25, 0.3) is 11.6 Å². The van der Waals surface area contributed by atoms with E-state index in [0.29, 0.717) is 12.3 Å². The maximum atomic E-state index is 9.02. The van der Waals surface area contributed by atoms with Crippen LogP contribution in [0.15, 0.2) is 40.9 Å². The summed E-state index contributed by atoms with van der Waals surface area (Å²) in [6.45, 7) is 2.20. The van der Waals surface area contributed by atoms with E-state index in [-0.39, 0.29) is 23.7 Å². The van der Waals surface area contributed by atoms with Gasteiger partial charge in [0.05, 0.1) is 12.0 Å². The van der Waals surface area contributed by atoms with Crippen molar-refractivity contribution in [2.24, 2.45) is 0 Å². The maximum absolute atomic E-state index is 9.02. The van der Waals surface area contributed by atoms with Crippen LogP contribution in [0, 0.1) is 0 Å². The van der Waals surface area contributed by atoms with Crippen molar-refractivity contribution in [1.29, 1.82) is 0 Å². The number of para-hydroxylation sites is 1. The second kappa shape index (κ2) is 5.77. The average Bonchev–Trinajstić information content (AvgIpc) is 3.42. The Hall–Kier alpha value is -3.00. The number of hydrogen-bond donors (Lipinski definition) is 1. The summed E-state index contributed by atoms with van der Waals surface area (Å²) in [7, 11) is 0. The molecule has 0 radical (unpaired) electrons. The number of aliphatic hydroxyl groups excluding tert-OH is 1. The number of benzene rings is 1. The topological polar surface area (TPSA) is 97.4 Å². The number of nitrogens with zero attached hydrogens (tertiary/aromatic N) is 5. The van der Waals surface area contributed by atoms with Gasteiger partial charge in [-0.2, -0.15) is 4.98 Å². The molecule has 0 saturated carbocycles. The molecular formula is C18H17N5O3. The standard InChI is InChI=1S/C18H17N5O3/c24-9-15-19-17(26-22-15)13-5-6-16(21-20-13)23-8-7-18(10-23)11-25-14-4-2-1-3-12(14)18/h1-6,24H,7-11H2. The fourth-order valence-electron chi connectivity index (χ4n) is 3.76. The van der Waals surface area contributed by atoms with Crippen LogP contribution < -0.4 is 9.64 Å². The van der Waals surface area contributed by atoms with Crippen molar-refractivity contribution in [2.45, 2.75) is 18.4 Å². The minimum Gasteiger partial charge on any atom is -0.492 e. The second-order valence-electron chi connectivity index (χ2n) is 6.69. The molecule has 8 nitrogen and oxygen atoms in total. The van der Waals surface area contributed by atoms with Crippen molar-refractivity contribution < 1.29 is 14.4 Å². The normalized spacial score (nSPS) is 21.2. The quantitative estimate of drug-likeness (QED) is 0.759. The first-order chi connectivity index (χ1) is 12.8. The summed E-state index contributed by atoms with van der Waals surface area (Å²) in [5.74, 6) is 2.29. The fourth-order valence-corrected chi connectivity index (χ4v) is 3.76. The summed E-state index contributed by atoms with van der Waals surface area (Å²) in [5, 5.41) is 21.2. The lowest BCUT2D eigenvalue weighted by molar-refractivity contribution is 0.264. The Bertz CT molecular complexity index is 942. The van der Waals surface area contributed by atoms with Crippen molar-refractivity contribution in [1.82, 2.24) is 20.3 Å². The second-order valence-corrected chi connectivity index (χ2v) is 6.69. The summed E-state index contributed by atoms with van der Waals surface area (Å²) in [6.07, 6.45) is 1.02. The lowest BCUT2D eigenvalue weighted by Crippen LogP contribution is -2.32. The maximum Gasteiger partial charge on any atom is 0.278 e. The van der Waals surface area contributed by atoms with E-state index in [1.807, 2.05) is 18.2 Å². The van der Waals surface area contributed by atoms with E-state index >= 15 is 0 Å². The lowest BCUT2D eigenvalue weighted by atomic mass is 9.82. The van der Waals surface area contributed by atoms with Crippen molar-refractivity contribution in [3.05, 3.63) is 47.8 Å². The lowest BCUT2D eigenvalue weighted by Gasteiger charge is -2.23. The fraction of sp³-hybridized carbons (Fsp3) is 0.333. The molecule has 1 N–H and O–H groups in total. The van der Waals surface area contributed by atoms with Gasteiger partial charge >= 0.3 is 0 Å². The number of hydrogen-bond acceptors (Lipinski definition) is 8. The van der Waals surface area contributed by atoms with Gasteiger partial charge in [0.15, 0.2) is 17.3 Å². The van der Waals surface area contributed by atoms with Gasteiger partial charge in [0.25, 0.3) is 5.89 Å². The predicted octanol–water partition coefficient (Wildman–Crippen LogP) is 1.56. The molecule has 1 atom stereocenters. The molecule has 1 unspecified atom stereocenters. The van der Waals surface area contributed by atoms with E-state index in [2.05, 4.69) is 37.4 Å². The molecule has 2 aromatic heterocycles. The number of fused-ring (bicyclic) bond motifs is 2. The summed E-state index contributed by atoms with van der Waals surface area (Å²) >= 11 is 0. The summed E-state index contributed by atoms with van der Waals surface area (Å²) in [6, 6.07) is 12.0. The highest BCUT2D eigenvalue weighted by Gasteiger charge is 2.46. The summed E-state index contributed by atoms with van der Waals surface area (Å²) < 4.78 is 11.0. The molecule has 1 aromatic carbocycles.